The van der Waals surface area contributed by atoms with Crippen molar-refractivity contribution in [1.29, 1.82) is 0 Å². The Kier molecular flexibility index (Phi) is 4.23. The lowest BCUT2D eigenvalue weighted by Gasteiger charge is -2.12. The average Bonchev–Trinajstić information content (AvgIpc) is 2.31. The summed E-state index contributed by atoms with van der Waals surface area (Å²) in [7, 11) is 0. The second-order valence-corrected chi connectivity index (χ2v) is 4.87. The minimum absolute atomic E-state index is 0.217. The van der Waals surface area contributed by atoms with Crippen LogP contribution in [-0.2, 0) is 6.61 Å². The van der Waals surface area contributed by atoms with E-state index in [1.807, 2.05) is 0 Å². The summed E-state index contributed by atoms with van der Waals surface area (Å²) >= 11 is 18.1. The monoisotopic (exact) mass is 301 g/mol. The molecule has 0 bridgehead atoms. The van der Waals surface area contributed by atoms with Crippen LogP contribution in [0.15, 0.2) is 36.4 Å². The van der Waals surface area contributed by atoms with Gasteiger partial charge in [-0.3, -0.25) is 0 Å². The van der Waals surface area contributed by atoms with Crippen molar-refractivity contribution >= 4 is 40.5 Å². The van der Waals surface area contributed by atoms with Gasteiger partial charge in [0, 0.05) is 16.3 Å². The molecule has 2 N–H and O–H groups in total. The van der Waals surface area contributed by atoms with Crippen LogP contribution >= 0.6 is 34.8 Å². The van der Waals surface area contributed by atoms with Crippen molar-refractivity contribution in [1.82, 2.24) is 0 Å². The highest BCUT2D eigenvalue weighted by atomic mass is 35.5. The number of hydrogen-bond acceptors (Lipinski definition) is 2. The number of halogens is 3. The summed E-state index contributed by atoms with van der Waals surface area (Å²) < 4.78 is 5.59. The summed E-state index contributed by atoms with van der Waals surface area (Å²) in [4.78, 5) is 0. The molecule has 2 nitrogen and oxygen atoms in total. The number of rotatable bonds is 3. The summed E-state index contributed by atoms with van der Waals surface area (Å²) in [5.74, 6) is 0.431. The Morgan fingerprint density at radius 3 is 2.06 bits per heavy atom. The molecule has 18 heavy (non-hydrogen) atoms. The zero-order chi connectivity index (χ0) is 13.1. The molecule has 2 aromatic rings. The molecule has 0 saturated heterocycles. The maximum Gasteiger partial charge on any atom is 0.156 e. The molecule has 94 valence electrons. The van der Waals surface area contributed by atoms with Crippen LogP contribution in [0.25, 0.3) is 0 Å². The second-order valence-electron chi connectivity index (χ2n) is 3.65. The predicted octanol–water partition coefficient (Wildman–Crippen LogP) is 4.81. The van der Waals surface area contributed by atoms with Crippen LogP contribution in [0.3, 0.4) is 0 Å². The molecule has 0 aromatic heterocycles. The quantitative estimate of drug-likeness (QED) is 0.826. The highest BCUT2D eigenvalue weighted by molar-refractivity contribution is 6.37. The van der Waals surface area contributed by atoms with E-state index in [4.69, 9.17) is 45.3 Å². The Hall–Kier alpha value is -1.09. The van der Waals surface area contributed by atoms with Crippen molar-refractivity contribution in [3.63, 3.8) is 0 Å². The number of para-hydroxylation sites is 1. The van der Waals surface area contributed by atoms with Crippen molar-refractivity contribution in [2.24, 2.45) is 0 Å². The molecule has 0 unspecified atom stereocenters. The zero-order valence-corrected chi connectivity index (χ0v) is 11.6. The van der Waals surface area contributed by atoms with Crippen molar-refractivity contribution in [2.45, 2.75) is 6.61 Å². The number of nitrogens with two attached hydrogens (primary N) is 1. The van der Waals surface area contributed by atoms with Gasteiger partial charge in [-0.15, -0.1) is 0 Å². The first kappa shape index (κ1) is 13.3. The van der Waals surface area contributed by atoms with Crippen LogP contribution in [0.1, 0.15) is 5.56 Å². The van der Waals surface area contributed by atoms with Gasteiger partial charge in [-0.1, -0.05) is 46.9 Å². The van der Waals surface area contributed by atoms with E-state index in [1.165, 1.54) is 0 Å². The van der Waals surface area contributed by atoms with Gasteiger partial charge < -0.3 is 10.5 Å². The van der Waals surface area contributed by atoms with Crippen LogP contribution in [-0.4, -0.2) is 0 Å². The molecule has 0 saturated carbocycles. The van der Waals surface area contributed by atoms with Crippen LogP contribution in [0.2, 0.25) is 15.1 Å². The molecule has 0 fully saturated rings. The third-order valence-electron chi connectivity index (χ3n) is 2.43. The van der Waals surface area contributed by atoms with Gasteiger partial charge in [0.05, 0.1) is 10.0 Å². The smallest absolute Gasteiger partial charge is 0.156 e. The van der Waals surface area contributed by atoms with Gasteiger partial charge in [0.1, 0.15) is 6.61 Å². The number of ether oxygens (including phenoxy) is 1. The fourth-order valence-corrected chi connectivity index (χ4v) is 2.24. The molecule has 0 atom stereocenters. The largest absolute Gasteiger partial charge is 0.486 e. The van der Waals surface area contributed by atoms with Crippen molar-refractivity contribution in [2.75, 3.05) is 5.73 Å². The number of hydrogen-bond donors (Lipinski definition) is 1. The lowest BCUT2D eigenvalue weighted by molar-refractivity contribution is 0.307. The Labute approximate surface area is 120 Å². The van der Waals surface area contributed by atoms with E-state index in [0.717, 1.165) is 5.56 Å². The van der Waals surface area contributed by atoms with E-state index in [-0.39, 0.29) is 6.61 Å². The molecule has 0 aliphatic heterocycles. The number of benzene rings is 2. The first-order valence-corrected chi connectivity index (χ1v) is 6.32. The van der Waals surface area contributed by atoms with Gasteiger partial charge in [0.25, 0.3) is 0 Å². The van der Waals surface area contributed by atoms with Crippen LogP contribution in [0.5, 0.6) is 5.75 Å². The standard InChI is InChI=1S/C13H10Cl3NO/c14-9-3-2-6-12(17)8(9)7-18-13-10(15)4-1-5-11(13)16/h1-6H,7,17H2. The predicted molar refractivity (Wildman–Crippen MR) is 76.7 cm³/mol. The van der Waals surface area contributed by atoms with E-state index >= 15 is 0 Å². The summed E-state index contributed by atoms with van der Waals surface area (Å²) in [6.07, 6.45) is 0. The van der Waals surface area contributed by atoms with Crippen molar-refractivity contribution < 1.29 is 4.74 Å². The molecule has 0 aliphatic rings. The van der Waals surface area contributed by atoms with Gasteiger partial charge in [-0.2, -0.15) is 0 Å². The van der Waals surface area contributed by atoms with E-state index < -0.39 is 0 Å². The fourth-order valence-electron chi connectivity index (χ4n) is 1.49. The Balaban J connectivity index is 2.22. The van der Waals surface area contributed by atoms with Crippen LogP contribution < -0.4 is 10.5 Å². The van der Waals surface area contributed by atoms with Gasteiger partial charge in [0.15, 0.2) is 5.75 Å². The molecule has 0 radical (unpaired) electrons. The first-order valence-electron chi connectivity index (χ1n) is 5.19. The Morgan fingerprint density at radius 2 is 1.44 bits per heavy atom. The summed E-state index contributed by atoms with van der Waals surface area (Å²) in [6, 6.07) is 10.5. The van der Waals surface area contributed by atoms with Gasteiger partial charge in [-0.25, -0.2) is 0 Å². The molecule has 2 aromatic carbocycles. The third kappa shape index (κ3) is 2.83. The SMILES string of the molecule is Nc1cccc(Cl)c1COc1c(Cl)cccc1Cl. The minimum Gasteiger partial charge on any atom is -0.486 e. The maximum atomic E-state index is 6.05. The summed E-state index contributed by atoms with van der Waals surface area (Å²) in [6.45, 7) is 0.217. The molecular formula is C13H10Cl3NO. The molecular weight excluding hydrogens is 293 g/mol. The average molecular weight is 303 g/mol. The molecule has 0 amide bonds. The maximum absolute atomic E-state index is 6.05. The van der Waals surface area contributed by atoms with E-state index in [2.05, 4.69) is 0 Å². The summed E-state index contributed by atoms with van der Waals surface area (Å²) in [5.41, 5.74) is 7.12. The fraction of sp³-hybridized carbons (Fsp3) is 0.0769. The van der Waals surface area contributed by atoms with Crippen LogP contribution in [0.4, 0.5) is 5.69 Å². The van der Waals surface area contributed by atoms with Gasteiger partial charge >= 0.3 is 0 Å². The summed E-state index contributed by atoms with van der Waals surface area (Å²) in [5, 5.41) is 1.46. The number of nitrogen functional groups attached to an aromatic ring is 1. The van der Waals surface area contributed by atoms with E-state index in [9.17, 15) is 0 Å². The molecule has 0 heterocycles. The molecule has 5 heteroatoms. The molecule has 2 rings (SSSR count). The van der Waals surface area contributed by atoms with Gasteiger partial charge in [0.2, 0.25) is 0 Å². The van der Waals surface area contributed by atoms with Crippen molar-refractivity contribution in [3.8, 4) is 5.75 Å². The number of anilines is 1. The first-order chi connectivity index (χ1) is 8.59. The normalized spacial score (nSPS) is 10.4. The lowest BCUT2D eigenvalue weighted by atomic mass is 10.2. The minimum atomic E-state index is 0.217. The lowest BCUT2D eigenvalue weighted by Crippen LogP contribution is -2.01. The van der Waals surface area contributed by atoms with Crippen molar-refractivity contribution in [3.05, 3.63) is 57.0 Å². The second kappa shape index (κ2) is 5.70. The Bertz CT molecular complexity index is 480. The Morgan fingerprint density at radius 1 is 0.889 bits per heavy atom. The van der Waals surface area contributed by atoms with Crippen LogP contribution in [0, 0.1) is 0 Å². The topological polar surface area (TPSA) is 35.2 Å². The highest BCUT2D eigenvalue weighted by Gasteiger charge is 2.10. The third-order valence-corrected chi connectivity index (χ3v) is 3.38. The zero-order valence-electron chi connectivity index (χ0n) is 9.29. The highest BCUT2D eigenvalue weighted by Crippen LogP contribution is 2.34. The van der Waals surface area contributed by atoms with E-state index in [0.29, 0.717) is 26.5 Å². The molecule has 0 aliphatic carbocycles. The van der Waals surface area contributed by atoms with Gasteiger partial charge in [-0.05, 0) is 24.3 Å². The van der Waals surface area contributed by atoms with E-state index in [1.54, 1.807) is 36.4 Å². The molecule has 0 spiro atoms.